The molecule has 23 heavy (non-hydrogen) atoms. The van der Waals surface area contributed by atoms with E-state index in [0.29, 0.717) is 29.0 Å². The van der Waals surface area contributed by atoms with Gasteiger partial charge in [0.15, 0.2) is 0 Å². The number of halogens is 3. The molecule has 1 aromatic carbocycles. The van der Waals surface area contributed by atoms with Crippen LogP contribution in [0.15, 0.2) is 30.5 Å². The zero-order chi connectivity index (χ0) is 16.1. The Labute approximate surface area is 151 Å². The minimum atomic E-state index is -0.136. The molecule has 0 saturated carbocycles. The SMILES string of the molecule is CNCC(C)C(=O)Nc1ccnn1Cc1cccc(Cl)c1Cl.Cl. The summed E-state index contributed by atoms with van der Waals surface area (Å²) in [6.45, 7) is 2.91. The van der Waals surface area contributed by atoms with Gasteiger partial charge in [-0.2, -0.15) is 5.10 Å². The van der Waals surface area contributed by atoms with Crippen LogP contribution in [0, 0.1) is 5.92 Å². The summed E-state index contributed by atoms with van der Waals surface area (Å²) < 4.78 is 1.68. The molecule has 0 aliphatic rings. The van der Waals surface area contributed by atoms with Crippen molar-refractivity contribution in [2.24, 2.45) is 5.92 Å². The van der Waals surface area contributed by atoms with E-state index in [0.717, 1.165) is 5.56 Å². The van der Waals surface area contributed by atoms with Crippen molar-refractivity contribution in [3.05, 3.63) is 46.1 Å². The smallest absolute Gasteiger partial charge is 0.229 e. The van der Waals surface area contributed by atoms with Gasteiger partial charge in [-0.1, -0.05) is 42.3 Å². The van der Waals surface area contributed by atoms with Gasteiger partial charge < -0.3 is 10.6 Å². The predicted octanol–water partition coefficient (Wildman–Crippen LogP) is 3.45. The van der Waals surface area contributed by atoms with Crippen molar-refractivity contribution in [1.82, 2.24) is 15.1 Å². The lowest BCUT2D eigenvalue weighted by atomic mass is 10.1. The Morgan fingerprint density at radius 2 is 2.09 bits per heavy atom. The van der Waals surface area contributed by atoms with Crippen molar-refractivity contribution < 1.29 is 4.79 Å². The Kier molecular flexibility index (Phi) is 7.85. The van der Waals surface area contributed by atoms with E-state index in [9.17, 15) is 4.79 Å². The summed E-state index contributed by atoms with van der Waals surface area (Å²) in [7, 11) is 1.81. The van der Waals surface area contributed by atoms with E-state index < -0.39 is 0 Å². The summed E-state index contributed by atoms with van der Waals surface area (Å²) in [6.07, 6.45) is 1.64. The molecular weight excluding hydrogens is 359 g/mol. The first kappa shape index (κ1) is 19.8. The Morgan fingerprint density at radius 1 is 1.35 bits per heavy atom. The summed E-state index contributed by atoms with van der Waals surface area (Å²) in [6, 6.07) is 7.20. The highest BCUT2D eigenvalue weighted by Crippen LogP contribution is 2.26. The van der Waals surface area contributed by atoms with E-state index in [1.165, 1.54) is 0 Å². The van der Waals surface area contributed by atoms with Gasteiger partial charge in [0, 0.05) is 18.5 Å². The maximum absolute atomic E-state index is 12.1. The topological polar surface area (TPSA) is 59.0 Å². The third-order valence-electron chi connectivity index (χ3n) is 3.28. The minimum Gasteiger partial charge on any atom is -0.319 e. The maximum Gasteiger partial charge on any atom is 0.229 e. The quantitative estimate of drug-likeness (QED) is 0.810. The zero-order valence-corrected chi connectivity index (χ0v) is 15.2. The van der Waals surface area contributed by atoms with Crippen LogP contribution in [0.1, 0.15) is 12.5 Å². The van der Waals surface area contributed by atoms with E-state index in [4.69, 9.17) is 23.2 Å². The van der Waals surface area contributed by atoms with E-state index in [1.807, 2.05) is 26.1 Å². The number of hydrogen-bond acceptors (Lipinski definition) is 3. The highest BCUT2D eigenvalue weighted by molar-refractivity contribution is 6.42. The Bertz CT molecular complexity index is 660. The predicted molar refractivity (Wildman–Crippen MR) is 96.8 cm³/mol. The second-order valence-corrected chi connectivity index (χ2v) is 5.82. The third-order valence-corrected chi connectivity index (χ3v) is 4.14. The average Bonchev–Trinajstić information content (AvgIpc) is 2.91. The summed E-state index contributed by atoms with van der Waals surface area (Å²) in [5.41, 5.74) is 0.844. The van der Waals surface area contributed by atoms with Gasteiger partial charge >= 0.3 is 0 Å². The van der Waals surface area contributed by atoms with Crippen molar-refractivity contribution in [3.8, 4) is 0 Å². The van der Waals surface area contributed by atoms with Crippen LogP contribution in [0.5, 0.6) is 0 Å². The first-order valence-corrected chi connectivity index (χ1v) is 7.68. The van der Waals surface area contributed by atoms with Crippen LogP contribution in [0.25, 0.3) is 0 Å². The van der Waals surface area contributed by atoms with Gasteiger partial charge in [-0.05, 0) is 18.7 Å². The molecule has 0 fully saturated rings. The molecule has 1 atom stereocenters. The number of nitrogens with zero attached hydrogens (tertiary/aromatic N) is 2. The number of carbonyl (C=O) groups is 1. The Balaban J connectivity index is 0.00000264. The molecule has 0 bridgehead atoms. The largest absolute Gasteiger partial charge is 0.319 e. The monoisotopic (exact) mass is 376 g/mol. The molecule has 0 aliphatic heterocycles. The lowest BCUT2D eigenvalue weighted by molar-refractivity contribution is -0.119. The van der Waals surface area contributed by atoms with Crippen molar-refractivity contribution in [1.29, 1.82) is 0 Å². The number of hydrogen-bond donors (Lipinski definition) is 2. The Hall–Kier alpha value is -1.27. The molecule has 1 heterocycles. The van der Waals surface area contributed by atoms with Crippen LogP contribution >= 0.6 is 35.6 Å². The average molecular weight is 378 g/mol. The van der Waals surface area contributed by atoms with Gasteiger partial charge in [0.1, 0.15) is 5.82 Å². The molecule has 1 amide bonds. The van der Waals surface area contributed by atoms with Crippen molar-refractivity contribution >= 4 is 47.3 Å². The summed E-state index contributed by atoms with van der Waals surface area (Å²) >= 11 is 12.2. The van der Waals surface area contributed by atoms with E-state index in [2.05, 4.69) is 15.7 Å². The molecule has 0 saturated heterocycles. The summed E-state index contributed by atoms with van der Waals surface area (Å²) in [5, 5.41) is 11.1. The minimum absolute atomic E-state index is 0. The molecule has 8 heteroatoms. The molecule has 0 aliphatic carbocycles. The Morgan fingerprint density at radius 3 is 2.78 bits per heavy atom. The molecule has 0 spiro atoms. The molecule has 1 aromatic heterocycles. The van der Waals surface area contributed by atoms with Gasteiger partial charge in [-0.25, -0.2) is 4.68 Å². The van der Waals surface area contributed by atoms with Gasteiger partial charge in [0.25, 0.3) is 0 Å². The second-order valence-electron chi connectivity index (χ2n) is 5.04. The van der Waals surface area contributed by atoms with Crippen molar-refractivity contribution in [2.75, 3.05) is 18.9 Å². The fourth-order valence-corrected chi connectivity index (χ4v) is 2.42. The molecule has 0 radical (unpaired) electrons. The second kappa shape index (κ2) is 9.13. The highest BCUT2D eigenvalue weighted by Gasteiger charge is 2.15. The number of rotatable bonds is 6. The molecule has 1 unspecified atom stereocenters. The standard InChI is InChI=1S/C15H18Cl2N4O.ClH/c1-10(8-18-2)15(22)20-13-6-7-19-21(13)9-11-4-3-5-12(16)14(11)17;/h3-7,10,18H,8-9H2,1-2H3,(H,20,22);1H. The molecule has 2 N–H and O–H groups in total. The van der Waals surface area contributed by atoms with Crippen LogP contribution in [0.3, 0.4) is 0 Å². The number of nitrogens with one attached hydrogen (secondary N) is 2. The highest BCUT2D eigenvalue weighted by atomic mass is 35.5. The molecule has 5 nitrogen and oxygen atoms in total. The van der Waals surface area contributed by atoms with Gasteiger partial charge in [-0.15, -0.1) is 12.4 Å². The lowest BCUT2D eigenvalue weighted by Gasteiger charge is -2.13. The number of amides is 1. The summed E-state index contributed by atoms with van der Waals surface area (Å²) in [4.78, 5) is 12.1. The van der Waals surface area contributed by atoms with Crippen molar-refractivity contribution in [2.45, 2.75) is 13.5 Å². The first-order valence-electron chi connectivity index (χ1n) is 6.93. The molecule has 2 aromatic rings. The first-order chi connectivity index (χ1) is 10.5. The number of benzene rings is 1. The van der Waals surface area contributed by atoms with E-state index in [1.54, 1.807) is 23.0 Å². The number of aromatic nitrogens is 2. The zero-order valence-electron chi connectivity index (χ0n) is 12.8. The lowest BCUT2D eigenvalue weighted by Crippen LogP contribution is -2.29. The fourth-order valence-electron chi connectivity index (χ4n) is 2.05. The van der Waals surface area contributed by atoms with Gasteiger partial charge in [-0.3, -0.25) is 4.79 Å². The van der Waals surface area contributed by atoms with Crippen LogP contribution in [0.4, 0.5) is 5.82 Å². The van der Waals surface area contributed by atoms with Crippen LogP contribution in [-0.2, 0) is 11.3 Å². The molecule has 126 valence electrons. The fraction of sp³-hybridized carbons (Fsp3) is 0.333. The molecular formula is C15H19Cl3N4O. The van der Waals surface area contributed by atoms with Crippen molar-refractivity contribution in [3.63, 3.8) is 0 Å². The molecule has 2 rings (SSSR count). The normalized spacial score (nSPS) is 11.7. The van der Waals surface area contributed by atoms with Crippen LogP contribution < -0.4 is 10.6 Å². The number of carbonyl (C=O) groups excluding carboxylic acids is 1. The number of anilines is 1. The van der Waals surface area contributed by atoms with Gasteiger partial charge in [0.05, 0.1) is 22.8 Å². The maximum atomic E-state index is 12.1. The van der Waals surface area contributed by atoms with E-state index >= 15 is 0 Å². The summed E-state index contributed by atoms with van der Waals surface area (Å²) in [5.74, 6) is 0.431. The third kappa shape index (κ3) is 5.11. The van der Waals surface area contributed by atoms with E-state index in [-0.39, 0.29) is 24.2 Å². The van der Waals surface area contributed by atoms with Crippen LogP contribution in [0.2, 0.25) is 10.0 Å². The van der Waals surface area contributed by atoms with Gasteiger partial charge in [0.2, 0.25) is 5.91 Å². The van der Waals surface area contributed by atoms with Crippen LogP contribution in [-0.4, -0.2) is 29.3 Å².